The Morgan fingerprint density at radius 2 is 2.06 bits per heavy atom. The molecule has 3 aliphatic rings. The van der Waals surface area contributed by atoms with Crippen molar-refractivity contribution >= 4 is 5.97 Å². The van der Waals surface area contributed by atoms with Gasteiger partial charge in [-0.25, -0.2) is 0 Å². The highest BCUT2D eigenvalue weighted by Gasteiger charge is 2.57. The molecule has 3 N–H and O–H groups in total. The molecule has 0 amide bonds. The van der Waals surface area contributed by atoms with Gasteiger partial charge in [-0.1, -0.05) is 19.3 Å². The molecule has 0 aromatic heterocycles. The Hall–Kier alpha value is -0.570. The van der Waals surface area contributed by atoms with Gasteiger partial charge in [0.15, 0.2) is 0 Å². The van der Waals surface area contributed by atoms with E-state index in [-0.39, 0.29) is 5.41 Å². The van der Waals surface area contributed by atoms with E-state index in [0.29, 0.717) is 18.9 Å². The van der Waals surface area contributed by atoms with Crippen LogP contribution < -0.4 is 5.73 Å². The molecule has 0 spiro atoms. The summed E-state index contributed by atoms with van der Waals surface area (Å²) >= 11 is 0. The summed E-state index contributed by atoms with van der Waals surface area (Å²) in [6, 6.07) is 0. The zero-order valence-corrected chi connectivity index (χ0v) is 11.1. The topological polar surface area (TPSA) is 63.3 Å². The summed E-state index contributed by atoms with van der Waals surface area (Å²) in [7, 11) is 0. The molecule has 3 aliphatic carbocycles. The SMILES string of the molecule is NC[C@@]1(CC(=O)O)C[C@@H]2C[C@H](CC3CCC3)C[C@@H]21. The molecular weight excluding hydrogens is 226 g/mol. The number of hydrogen-bond donors (Lipinski definition) is 2. The maximum atomic E-state index is 11.0. The van der Waals surface area contributed by atoms with Crippen LogP contribution in [0.1, 0.15) is 51.4 Å². The van der Waals surface area contributed by atoms with Gasteiger partial charge in [0.05, 0.1) is 6.42 Å². The summed E-state index contributed by atoms with van der Waals surface area (Å²) in [5.41, 5.74) is 5.84. The van der Waals surface area contributed by atoms with Gasteiger partial charge in [0, 0.05) is 0 Å². The summed E-state index contributed by atoms with van der Waals surface area (Å²) in [4.78, 5) is 11.0. The number of hydrogen-bond acceptors (Lipinski definition) is 2. The fourth-order valence-electron chi connectivity index (χ4n) is 4.93. The van der Waals surface area contributed by atoms with Crippen molar-refractivity contribution in [2.75, 3.05) is 6.54 Å². The first-order chi connectivity index (χ1) is 8.63. The first-order valence-electron chi connectivity index (χ1n) is 7.55. The standard InChI is InChI=1S/C15H25NO2/c16-9-15(8-14(17)18)7-12-5-11(6-13(12)15)4-10-2-1-3-10/h10-13H,1-9,16H2,(H,17,18)/t11-,12-,13-,15-/m0/s1. The number of rotatable bonds is 5. The molecule has 3 saturated carbocycles. The van der Waals surface area contributed by atoms with E-state index in [1.165, 1.54) is 38.5 Å². The minimum absolute atomic E-state index is 0.0507. The van der Waals surface area contributed by atoms with Gasteiger partial charge in [0.2, 0.25) is 0 Å². The second-order valence-corrected chi connectivity index (χ2v) is 7.08. The van der Waals surface area contributed by atoms with Crippen LogP contribution in [-0.4, -0.2) is 17.6 Å². The molecule has 0 saturated heterocycles. The van der Waals surface area contributed by atoms with E-state index in [9.17, 15) is 4.79 Å². The first kappa shape index (κ1) is 12.5. The average Bonchev–Trinajstić information content (AvgIpc) is 2.59. The summed E-state index contributed by atoms with van der Waals surface area (Å²) in [5, 5.41) is 9.07. The van der Waals surface area contributed by atoms with Gasteiger partial charge in [0.25, 0.3) is 0 Å². The maximum Gasteiger partial charge on any atom is 0.303 e. The lowest BCUT2D eigenvalue weighted by Crippen LogP contribution is -2.51. The molecule has 0 heterocycles. The zero-order chi connectivity index (χ0) is 12.8. The third kappa shape index (κ3) is 1.97. The zero-order valence-electron chi connectivity index (χ0n) is 11.1. The van der Waals surface area contributed by atoms with Crippen LogP contribution in [0.25, 0.3) is 0 Å². The number of carboxylic acid groups (broad SMARTS) is 1. The third-order valence-electron chi connectivity index (χ3n) is 6.05. The highest BCUT2D eigenvalue weighted by molar-refractivity contribution is 5.68. The molecule has 102 valence electrons. The van der Waals surface area contributed by atoms with Gasteiger partial charge < -0.3 is 10.8 Å². The molecule has 4 atom stereocenters. The molecule has 3 heteroatoms. The van der Waals surface area contributed by atoms with Crippen LogP contribution in [0.3, 0.4) is 0 Å². The van der Waals surface area contributed by atoms with Crippen molar-refractivity contribution in [2.24, 2.45) is 34.8 Å². The van der Waals surface area contributed by atoms with Crippen molar-refractivity contribution in [3.05, 3.63) is 0 Å². The number of fused-ring (bicyclic) bond motifs is 1. The van der Waals surface area contributed by atoms with Crippen molar-refractivity contribution in [3.63, 3.8) is 0 Å². The lowest BCUT2D eigenvalue weighted by molar-refractivity contribution is -0.145. The Morgan fingerprint density at radius 3 is 2.61 bits per heavy atom. The van der Waals surface area contributed by atoms with Crippen LogP contribution in [0, 0.1) is 29.1 Å². The Morgan fingerprint density at radius 1 is 1.28 bits per heavy atom. The Balaban J connectivity index is 1.58. The van der Waals surface area contributed by atoms with Crippen molar-refractivity contribution in [3.8, 4) is 0 Å². The number of carboxylic acids is 1. The molecule has 3 rings (SSSR count). The second kappa shape index (κ2) is 4.52. The van der Waals surface area contributed by atoms with Gasteiger partial charge in [-0.05, 0) is 61.3 Å². The van der Waals surface area contributed by atoms with Crippen LogP contribution >= 0.6 is 0 Å². The first-order valence-corrected chi connectivity index (χ1v) is 7.55. The Kier molecular flexibility index (Phi) is 3.13. The molecule has 0 aromatic rings. The summed E-state index contributed by atoms with van der Waals surface area (Å²) in [6.45, 7) is 0.566. The lowest BCUT2D eigenvalue weighted by atomic mass is 9.53. The number of nitrogens with two attached hydrogens (primary N) is 1. The van der Waals surface area contributed by atoms with E-state index in [4.69, 9.17) is 10.8 Å². The van der Waals surface area contributed by atoms with Crippen LogP contribution in [-0.2, 0) is 4.79 Å². The van der Waals surface area contributed by atoms with E-state index in [2.05, 4.69) is 0 Å². The molecular formula is C15H25NO2. The highest BCUT2D eigenvalue weighted by atomic mass is 16.4. The van der Waals surface area contributed by atoms with Crippen LogP contribution in [0.4, 0.5) is 0 Å². The van der Waals surface area contributed by atoms with Gasteiger partial charge in [-0.15, -0.1) is 0 Å². The average molecular weight is 251 g/mol. The van der Waals surface area contributed by atoms with Gasteiger partial charge in [0.1, 0.15) is 0 Å². The van der Waals surface area contributed by atoms with Gasteiger partial charge in [-0.3, -0.25) is 4.79 Å². The second-order valence-electron chi connectivity index (χ2n) is 7.08. The minimum Gasteiger partial charge on any atom is -0.481 e. The highest BCUT2D eigenvalue weighted by Crippen LogP contribution is 2.62. The van der Waals surface area contributed by atoms with Crippen molar-refractivity contribution in [1.29, 1.82) is 0 Å². The van der Waals surface area contributed by atoms with Crippen LogP contribution in [0.15, 0.2) is 0 Å². The maximum absolute atomic E-state index is 11.0. The van der Waals surface area contributed by atoms with E-state index in [1.54, 1.807) is 0 Å². The van der Waals surface area contributed by atoms with Gasteiger partial charge >= 0.3 is 5.97 Å². The number of aliphatic carboxylic acids is 1. The quantitative estimate of drug-likeness (QED) is 0.789. The van der Waals surface area contributed by atoms with Crippen molar-refractivity contribution in [2.45, 2.75) is 51.4 Å². The lowest BCUT2D eigenvalue weighted by Gasteiger charge is -2.51. The molecule has 0 aliphatic heterocycles. The Bertz CT molecular complexity index is 339. The van der Waals surface area contributed by atoms with Crippen LogP contribution in [0.5, 0.6) is 0 Å². The molecule has 0 radical (unpaired) electrons. The third-order valence-corrected chi connectivity index (χ3v) is 6.05. The monoisotopic (exact) mass is 251 g/mol. The van der Waals surface area contributed by atoms with Crippen LogP contribution in [0.2, 0.25) is 0 Å². The van der Waals surface area contributed by atoms with E-state index in [1.807, 2.05) is 0 Å². The molecule has 0 bridgehead atoms. The van der Waals surface area contributed by atoms with Gasteiger partial charge in [-0.2, -0.15) is 0 Å². The summed E-state index contributed by atoms with van der Waals surface area (Å²) in [6.07, 6.45) is 9.67. The predicted octanol–water partition coefficient (Wildman–Crippen LogP) is 2.64. The fourth-order valence-corrected chi connectivity index (χ4v) is 4.93. The normalized spacial score (nSPS) is 43.1. The predicted molar refractivity (Wildman–Crippen MR) is 70.0 cm³/mol. The smallest absolute Gasteiger partial charge is 0.303 e. The van der Waals surface area contributed by atoms with E-state index >= 15 is 0 Å². The largest absolute Gasteiger partial charge is 0.481 e. The molecule has 0 aromatic carbocycles. The summed E-state index contributed by atoms with van der Waals surface area (Å²) < 4.78 is 0. The molecule has 0 unspecified atom stereocenters. The molecule has 3 nitrogen and oxygen atoms in total. The minimum atomic E-state index is -0.665. The molecule has 18 heavy (non-hydrogen) atoms. The van der Waals surface area contributed by atoms with Crippen molar-refractivity contribution in [1.82, 2.24) is 0 Å². The van der Waals surface area contributed by atoms with E-state index in [0.717, 1.165) is 24.2 Å². The summed E-state index contributed by atoms with van der Waals surface area (Å²) in [5.74, 6) is 2.59. The fraction of sp³-hybridized carbons (Fsp3) is 0.933. The Labute approximate surface area is 109 Å². The van der Waals surface area contributed by atoms with Crippen molar-refractivity contribution < 1.29 is 9.90 Å². The molecule has 3 fully saturated rings. The number of carbonyl (C=O) groups is 1. The van der Waals surface area contributed by atoms with E-state index < -0.39 is 5.97 Å².